The minimum atomic E-state index is -5.17. The van der Waals surface area contributed by atoms with Gasteiger partial charge in [-0.15, -0.1) is 0 Å². The third kappa shape index (κ3) is 10.2. The Morgan fingerprint density at radius 1 is 0.811 bits per heavy atom. The number of carbonyl (C=O) groups is 3. The van der Waals surface area contributed by atoms with E-state index in [0.29, 0.717) is 17.9 Å². The van der Waals surface area contributed by atoms with E-state index in [0.717, 1.165) is 24.8 Å². The number of carbonyl (C=O) groups excluding carboxylic acids is 3. The summed E-state index contributed by atoms with van der Waals surface area (Å²) in [6, 6.07) is 23.2. The molecule has 0 saturated carbocycles. The van der Waals surface area contributed by atoms with Gasteiger partial charge in [0, 0.05) is 12.5 Å². The smallest absolute Gasteiger partial charge is 0.453 e. The van der Waals surface area contributed by atoms with Crippen molar-refractivity contribution in [1.82, 2.24) is 5.32 Å². The summed E-state index contributed by atoms with van der Waals surface area (Å²) in [4.78, 5) is 51.2. The summed E-state index contributed by atoms with van der Waals surface area (Å²) in [6.07, 6.45) is -6.14. The van der Waals surface area contributed by atoms with Crippen molar-refractivity contribution in [2.24, 2.45) is 0 Å². The molecule has 11 nitrogen and oxygen atoms in total. The van der Waals surface area contributed by atoms with Gasteiger partial charge in [-0.2, -0.15) is 13.2 Å². The van der Waals surface area contributed by atoms with Crippen molar-refractivity contribution in [2.45, 2.75) is 51.6 Å². The highest BCUT2D eigenvalue weighted by molar-refractivity contribution is 5.89. The van der Waals surface area contributed by atoms with E-state index in [2.05, 4.69) is 10.1 Å². The molecule has 1 N–H and O–H groups in total. The molecule has 0 radical (unpaired) electrons. The second kappa shape index (κ2) is 15.9. The van der Waals surface area contributed by atoms with E-state index in [9.17, 15) is 32.3 Å². The van der Waals surface area contributed by atoms with Gasteiger partial charge in [-0.05, 0) is 80.4 Å². The number of benzene rings is 4. The molecule has 0 saturated heterocycles. The molecule has 5 aromatic rings. The van der Waals surface area contributed by atoms with E-state index in [1.54, 1.807) is 45.0 Å². The van der Waals surface area contributed by atoms with E-state index in [-0.39, 0.29) is 28.9 Å². The molecule has 1 atom stereocenters. The van der Waals surface area contributed by atoms with E-state index in [1.807, 2.05) is 30.3 Å². The maximum Gasteiger partial charge on any atom is 0.453 e. The predicted octanol–water partition coefficient (Wildman–Crippen LogP) is 8.01. The second-order valence-corrected chi connectivity index (χ2v) is 12.6. The second-order valence-electron chi connectivity index (χ2n) is 12.6. The molecule has 0 aliphatic heterocycles. The summed E-state index contributed by atoms with van der Waals surface area (Å²) in [5, 5.41) is 2.18. The fraction of sp³-hybridized carbons (Fsp3) is 0.231. The minimum Gasteiger partial charge on any atom is -0.489 e. The lowest BCUT2D eigenvalue weighted by atomic mass is 10.1. The van der Waals surface area contributed by atoms with Crippen molar-refractivity contribution < 1.29 is 55.7 Å². The number of halogens is 3. The Kier molecular flexibility index (Phi) is 11.4. The molecule has 53 heavy (non-hydrogen) atoms. The number of methoxy groups -OCH3 is 1. The summed E-state index contributed by atoms with van der Waals surface area (Å²) in [5.41, 5.74) is -0.910. The topological polar surface area (TPSA) is 140 Å². The lowest BCUT2D eigenvalue weighted by Gasteiger charge is -2.23. The molecule has 1 heterocycles. The fourth-order valence-electron chi connectivity index (χ4n) is 4.92. The van der Waals surface area contributed by atoms with Gasteiger partial charge in [0.15, 0.2) is 0 Å². The van der Waals surface area contributed by atoms with Crippen molar-refractivity contribution in [1.29, 1.82) is 0 Å². The van der Waals surface area contributed by atoms with Crippen LogP contribution < -0.4 is 25.0 Å². The van der Waals surface area contributed by atoms with Gasteiger partial charge in [0.05, 0.1) is 18.1 Å². The fourth-order valence-corrected chi connectivity index (χ4v) is 4.92. The Hall–Kier alpha value is -6.31. The molecule has 276 valence electrons. The Bertz CT molecular complexity index is 2140. The van der Waals surface area contributed by atoms with E-state index in [1.165, 1.54) is 30.3 Å². The molecule has 0 aliphatic carbocycles. The third-order valence-corrected chi connectivity index (χ3v) is 7.38. The number of fused-ring (bicyclic) bond motifs is 1. The number of hydrogen-bond donors (Lipinski definition) is 1. The Balaban J connectivity index is 1.38. The average molecular weight is 734 g/mol. The van der Waals surface area contributed by atoms with Crippen molar-refractivity contribution in [3.8, 4) is 23.0 Å². The van der Waals surface area contributed by atoms with Crippen LogP contribution in [0.15, 0.2) is 106 Å². The number of rotatable bonds is 11. The molecule has 1 amide bonds. The van der Waals surface area contributed by atoms with Crippen LogP contribution in [0.3, 0.4) is 0 Å². The standard InChI is InChI=1S/C39H34F3NO10/c1-38(2,3)53-37(47)43-30(20-23-10-14-26(15-11-23)49-22-24-8-6-5-7-9-24)36(46)51-28-18-19-29-31(21-28)52-34(39(40,41)42)33(32(29)44)50-27-16-12-25(13-17-27)35(45)48-4/h5-19,21,30H,20,22H2,1-4H3,(H,43,47)/t30-/m0/s1. The number of esters is 2. The molecule has 0 fully saturated rings. The first-order chi connectivity index (χ1) is 25.1. The van der Waals surface area contributed by atoms with Crippen LogP contribution >= 0.6 is 0 Å². The quantitative estimate of drug-likeness (QED) is 0.105. The largest absolute Gasteiger partial charge is 0.489 e. The van der Waals surface area contributed by atoms with Crippen LogP contribution in [0.4, 0.5) is 18.0 Å². The Morgan fingerprint density at radius 3 is 2.08 bits per heavy atom. The first-order valence-corrected chi connectivity index (χ1v) is 16.1. The van der Waals surface area contributed by atoms with Gasteiger partial charge in [-0.3, -0.25) is 4.79 Å². The van der Waals surface area contributed by atoms with Gasteiger partial charge in [-0.25, -0.2) is 14.4 Å². The van der Waals surface area contributed by atoms with Gasteiger partial charge in [-0.1, -0.05) is 42.5 Å². The zero-order valence-electron chi connectivity index (χ0n) is 28.9. The van der Waals surface area contributed by atoms with Gasteiger partial charge in [0.2, 0.25) is 11.2 Å². The number of ether oxygens (including phenoxy) is 5. The van der Waals surface area contributed by atoms with Gasteiger partial charge in [0.1, 0.15) is 41.1 Å². The zero-order chi connectivity index (χ0) is 38.3. The number of alkyl carbamates (subject to hydrolysis) is 1. The Labute approximate surface area is 301 Å². The monoisotopic (exact) mass is 733 g/mol. The maximum absolute atomic E-state index is 14.2. The summed E-state index contributed by atoms with van der Waals surface area (Å²) in [5.74, 6) is -4.43. The highest BCUT2D eigenvalue weighted by Gasteiger charge is 2.40. The van der Waals surface area contributed by atoms with Crippen molar-refractivity contribution >= 4 is 29.0 Å². The molecular formula is C39H34F3NO10. The highest BCUT2D eigenvalue weighted by Crippen LogP contribution is 2.39. The highest BCUT2D eigenvalue weighted by atomic mass is 19.4. The van der Waals surface area contributed by atoms with E-state index < -0.39 is 58.4 Å². The first kappa shape index (κ1) is 37.9. The molecule has 0 unspecified atom stereocenters. The van der Waals surface area contributed by atoms with Crippen LogP contribution in [0, 0.1) is 0 Å². The summed E-state index contributed by atoms with van der Waals surface area (Å²) < 4.78 is 74.2. The van der Waals surface area contributed by atoms with Crippen LogP contribution in [-0.2, 0) is 33.5 Å². The van der Waals surface area contributed by atoms with E-state index >= 15 is 0 Å². The molecule has 0 bridgehead atoms. The van der Waals surface area contributed by atoms with Crippen LogP contribution in [0.5, 0.6) is 23.0 Å². The molecule has 0 spiro atoms. The molecule has 5 rings (SSSR count). The summed E-state index contributed by atoms with van der Waals surface area (Å²) in [7, 11) is 1.16. The molecule has 4 aromatic carbocycles. The number of hydrogen-bond acceptors (Lipinski definition) is 10. The van der Waals surface area contributed by atoms with E-state index in [4.69, 9.17) is 23.4 Å². The van der Waals surface area contributed by atoms with Crippen molar-refractivity contribution in [3.05, 3.63) is 130 Å². The lowest BCUT2D eigenvalue weighted by Crippen LogP contribution is -2.46. The lowest BCUT2D eigenvalue weighted by molar-refractivity contribution is -0.154. The van der Waals surface area contributed by atoms with Crippen molar-refractivity contribution in [3.63, 3.8) is 0 Å². The number of amides is 1. The van der Waals surface area contributed by atoms with Crippen LogP contribution in [-0.4, -0.2) is 36.8 Å². The summed E-state index contributed by atoms with van der Waals surface area (Å²) >= 11 is 0. The molecular weight excluding hydrogens is 699 g/mol. The predicted molar refractivity (Wildman–Crippen MR) is 185 cm³/mol. The molecule has 1 aromatic heterocycles. The van der Waals surface area contributed by atoms with Crippen LogP contribution in [0.2, 0.25) is 0 Å². The maximum atomic E-state index is 14.2. The molecule has 14 heteroatoms. The minimum absolute atomic E-state index is 0.0563. The Morgan fingerprint density at radius 2 is 1.45 bits per heavy atom. The SMILES string of the molecule is COC(=O)c1ccc(Oc2c(C(F)(F)F)oc3cc(OC(=O)[C@H](Cc4ccc(OCc5ccccc5)cc4)NC(=O)OC(C)(C)C)ccc3c2=O)cc1. The normalized spacial score (nSPS) is 12.1. The number of alkyl halides is 3. The number of nitrogens with one attached hydrogen (secondary N) is 1. The van der Waals surface area contributed by atoms with Gasteiger partial charge < -0.3 is 33.4 Å². The first-order valence-electron chi connectivity index (χ1n) is 16.1. The van der Waals surface area contributed by atoms with Gasteiger partial charge in [0.25, 0.3) is 5.76 Å². The summed E-state index contributed by atoms with van der Waals surface area (Å²) in [6.45, 7) is 5.27. The zero-order valence-corrected chi connectivity index (χ0v) is 28.9. The van der Waals surface area contributed by atoms with Gasteiger partial charge >= 0.3 is 24.2 Å². The third-order valence-electron chi connectivity index (χ3n) is 7.38. The van der Waals surface area contributed by atoms with Crippen LogP contribution in [0.25, 0.3) is 11.0 Å². The average Bonchev–Trinajstić information content (AvgIpc) is 3.11. The molecule has 0 aliphatic rings. The van der Waals surface area contributed by atoms with Crippen LogP contribution in [0.1, 0.15) is 48.0 Å². The van der Waals surface area contributed by atoms with Crippen molar-refractivity contribution in [2.75, 3.05) is 7.11 Å².